The number of carbonyl (C=O) groups is 1. The van der Waals surface area contributed by atoms with Crippen molar-refractivity contribution in [2.45, 2.75) is 27.2 Å². The number of carbonyl (C=O) groups excluding carboxylic acids is 1. The number of esters is 1. The summed E-state index contributed by atoms with van der Waals surface area (Å²) in [4.78, 5) is 17.3. The van der Waals surface area contributed by atoms with E-state index in [4.69, 9.17) is 9.47 Å². The number of aromatic nitrogens is 1. The van der Waals surface area contributed by atoms with E-state index in [1.807, 2.05) is 69.3 Å². The van der Waals surface area contributed by atoms with Crippen molar-refractivity contribution in [2.75, 3.05) is 13.2 Å². The van der Waals surface area contributed by atoms with Gasteiger partial charge >= 0.3 is 5.97 Å². The van der Waals surface area contributed by atoms with E-state index >= 15 is 0 Å². The highest BCUT2D eigenvalue weighted by atomic mass is 16.6. The van der Waals surface area contributed by atoms with E-state index in [0.717, 1.165) is 33.5 Å². The molecule has 0 saturated carbocycles. The van der Waals surface area contributed by atoms with Gasteiger partial charge in [0, 0.05) is 5.39 Å². The van der Waals surface area contributed by atoms with Crippen molar-refractivity contribution in [1.29, 1.82) is 0 Å². The molecule has 26 heavy (non-hydrogen) atoms. The third-order valence-corrected chi connectivity index (χ3v) is 4.43. The number of pyridine rings is 1. The summed E-state index contributed by atoms with van der Waals surface area (Å²) >= 11 is 0. The van der Waals surface area contributed by atoms with Gasteiger partial charge < -0.3 is 9.47 Å². The Morgan fingerprint density at radius 3 is 2.50 bits per heavy atom. The van der Waals surface area contributed by atoms with E-state index < -0.39 is 0 Å². The molecule has 0 spiro atoms. The average molecular weight is 349 g/mol. The summed E-state index contributed by atoms with van der Waals surface area (Å²) < 4.78 is 11.1. The van der Waals surface area contributed by atoms with Crippen LogP contribution in [0.25, 0.3) is 10.9 Å². The van der Waals surface area contributed by atoms with E-state index in [-0.39, 0.29) is 12.6 Å². The maximum Gasteiger partial charge on any atom is 0.340 e. The van der Waals surface area contributed by atoms with E-state index in [9.17, 15) is 4.79 Å². The molecule has 0 bridgehead atoms. The Hall–Kier alpha value is -2.88. The number of hydrogen-bond donors (Lipinski definition) is 0. The van der Waals surface area contributed by atoms with Gasteiger partial charge in [0.25, 0.3) is 0 Å². The molecule has 3 aromatic rings. The molecule has 2 aromatic carbocycles. The van der Waals surface area contributed by atoms with Gasteiger partial charge in [-0.15, -0.1) is 0 Å². The molecular formula is C22H23NO3. The predicted molar refractivity (Wildman–Crippen MR) is 103 cm³/mol. The number of para-hydroxylation sites is 2. The van der Waals surface area contributed by atoms with Gasteiger partial charge in [0.2, 0.25) is 0 Å². The molecule has 0 radical (unpaired) electrons. The van der Waals surface area contributed by atoms with Gasteiger partial charge in [0.1, 0.15) is 19.0 Å². The summed E-state index contributed by atoms with van der Waals surface area (Å²) in [5.41, 5.74) is 4.22. The topological polar surface area (TPSA) is 48.4 Å². The van der Waals surface area contributed by atoms with Crippen molar-refractivity contribution < 1.29 is 14.3 Å². The second kappa shape index (κ2) is 8.00. The Labute approximate surface area is 153 Å². The Kier molecular flexibility index (Phi) is 5.52. The van der Waals surface area contributed by atoms with Gasteiger partial charge in [-0.3, -0.25) is 4.98 Å². The van der Waals surface area contributed by atoms with Crippen molar-refractivity contribution in [2.24, 2.45) is 0 Å². The van der Waals surface area contributed by atoms with Gasteiger partial charge in [-0.1, -0.05) is 43.3 Å². The molecule has 0 amide bonds. The van der Waals surface area contributed by atoms with Crippen molar-refractivity contribution in [3.05, 3.63) is 70.9 Å². The van der Waals surface area contributed by atoms with Crippen LogP contribution >= 0.6 is 0 Å². The van der Waals surface area contributed by atoms with Gasteiger partial charge in [-0.2, -0.15) is 0 Å². The summed E-state index contributed by atoms with van der Waals surface area (Å²) in [6.07, 6.45) is 0.676. The first kappa shape index (κ1) is 17.9. The fraction of sp³-hybridized carbons (Fsp3) is 0.273. The van der Waals surface area contributed by atoms with Crippen LogP contribution in [0.3, 0.4) is 0 Å². The fourth-order valence-electron chi connectivity index (χ4n) is 3.04. The molecule has 0 saturated heterocycles. The average Bonchev–Trinajstić information content (AvgIpc) is 2.66. The second-order valence-corrected chi connectivity index (χ2v) is 6.18. The third kappa shape index (κ3) is 3.69. The van der Waals surface area contributed by atoms with Crippen molar-refractivity contribution >= 4 is 16.9 Å². The molecular weight excluding hydrogens is 326 g/mol. The SMILES string of the molecule is CCc1nc2ccccc2c(C)c1C(=O)OCCOc1ccccc1C. The molecule has 0 N–H and O–H groups in total. The maximum absolute atomic E-state index is 12.6. The van der Waals surface area contributed by atoms with E-state index in [0.29, 0.717) is 18.6 Å². The van der Waals surface area contributed by atoms with Crippen LogP contribution in [-0.2, 0) is 11.2 Å². The first-order valence-corrected chi connectivity index (χ1v) is 8.85. The molecule has 0 atom stereocenters. The van der Waals surface area contributed by atoms with E-state index in [1.54, 1.807) is 0 Å². The fourth-order valence-corrected chi connectivity index (χ4v) is 3.04. The Morgan fingerprint density at radius 1 is 1.00 bits per heavy atom. The smallest absolute Gasteiger partial charge is 0.340 e. The maximum atomic E-state index is 12.6. The van der Waals surface area contributed by atoms with Crippen LogP contribution in [0.15, 0.2) is 48.5 Å². The number of nitrogens with zero attached hydrogens (tertiary/aromatic N) is 1. The Bertz CT molecular complexity index is 934. The van der Waals surface area contributed by atoms with Crippen LogP contribution < -0.4 is 4.74 Å². The largest absolute Gasteiger partial charge is 0.490 e. The van der Waals surface area contributed by atoms with Gasteiger partial charge in [-0.25, -0.2) is 4.79 Å². The zero-order valence-electron chi connectivity index (χ0n) is 15.4. The number of ether oxygens (including phenoxy) is 2. The highest BCUT2D eigenvalue weighted by molar-refractivity contribution is 5.98. The second-order valence-electron chi connectivity index (χ2n) is 6.18. The molecule has 134 valence electrons. The lowest BCUT2D eigenvalue weighted by Crippen LogP contribution is -2.16. The molecule has 0 aliphatic rings. The highest BCUT2D eigenvalue weighted by Gasteiger charge is 2.19. The molecule has 1 aromatic heterocycles. The minimum absolute atomic E-state index is 0.197. The van der Waals surface area contributed by atoms with Crippen LogP contribution in [0.5, 0.6) is 5.75 Å². The molecule has 3 rings (SSSR count). The lowest BCUT2D eigenvalue weighted by atomic mass is 10.0. The van der Waals surface area contributed by atoms with Crippen LogP contribution in [0.1, 0.15) is 34.1 Å². The molecule has 0 fully saturated rings. The lowest BCUT2D eigenvalue weighted by Gasteiger charge is -2.14. The molecule has 1 heterocycles. The summed E-state index contributed by atoms with van der Waals surface area (Å²) in [6.45, 7) is 6.44. The lowest BCUT2D eigenvalue weighted by molar-refractivity contribution is 0.0447. The van der Waals surface area contributed by atoms with Gasteiger partial charge in [0.05, 0.1) is 16.8 Å². The first-order chi connectivity index (χ1) is 12.6. The molecule has 4 heteroatoms. The molecule has 0 aliphatic heterocycles. The van der Waals surface area contributed by atoms with Crippen LogP contribution in [0, 0.1) is 13.8 Å². The quantitative estimate of drug-likeness (QED) is 0.480. The first-order valence-electron chi connectivity index (χ1n) is 8.85. The zero-order valence-corrected chi connectivity index (χ0v) is 15.4. The summed E-state index contributed by atoms with van der Waals surface area (Å²) in [5, 5.41) is 0.979. The minimum Gasteiger partial charge on any atom is -0.490 e. The summed E-state index contributed by atoms with van der Waals surface area (Å²) in [6, 6.07) is 15.6. The van der Waals surface area contributed by atoms with Crippen molar-refractivity contribution in [1.82, 2.24) is 4.98 Å². The Morgan fingerprint density at radius 2 is 1.73 bits per heavy atom. The minimum atomic E-state index is -0.342. The van der Waals surface area contributed by atoms with Crippen LogP contribution in [-0.4, -0.2) is 24.2 Å². The van der Waals surface area contributed by atoms with E-state index in [2.05, 4.69) is 4.98 Å². The Balaban J connectivity index is 1.71. The third-order valence-electron chi connectivity index (χ3n) is 4.43. The zero-order chi connectivity index (χ0) is 18.5. The molecule has 0 unspecified atom stereocenters. The molecule has 4 nitrogen and oxygen atoms in total. The monoisotopic (exact) mass is 349 g/mol. The summed E-state index contributed by atoms with van der Waals surface area (Å²) in [7, 11) is 0. The summed E-state index contributed by atoms with van der Waals surface area (Å²) in [5.74, 6) is 0.465. The highest BCUT2D eigenvalue weighted by Crippen LogP contribution is 2.24. The van der Waals surface area contributed by atoms with Gasteiger partial charge in [-0.05, 0) is 43.5 Å². The standard InChI is InChI=1S/C22H23NO3/c1-4-18-21(16(3)17-10-6-7-11-19(17)23-18)22(24)26-14-13-25-20-12-8-5-9-15(20)2/h5-12H,4,13-14H2,1-3H3. The number of hydrogen-bond acceptors (Lipinski definition) is 4. The van der Waals surface area contributed by atoms with Gasteiger partial charge in [0.15, 0.2) is 0 Å². The number of benzene rings is 2. The number of aryl methyl sites for hydroxylation is 3. The normalized spacial score (nSPS) is 10.7. The van der Waals surface area contributed by atoms with Crippen molar-refractivity contribution in [3.8, 4) is 5.75 Å². The van der Waals surface area contributed by atoms with E-state index in [1.165, 1.54) is 0 Å². The van der Waals surface area contributed by atoms with Crippen LogP contribution in [0.2, 0.25) is 0 Å². The van der Waals surface area contributed by atoms with Crippen molar-refractivity contribution in [3.63, 3.8) is 0 Å². The van der Waals surface area contributed by atoms with Crippen LogP contribution in [0.4, 0.5) is 0 Å². The number of fused-ring (bicyclic) bond motifs is 1. The molecule has 0 aliphatic carbocycles. The number of rotatable bonds is 6. The predicted octanol–water partition coefficient (Wildman–Crippen LogP) is 4.65.